The first-order valence-electron chi connectivity index (χ1n) is 6.20. The molecule has 1 heterocycles. The third-order valence-corrected chi connectivity index (χ3v) is 3.78. The van der Waals surface area contributed by atoms with Crippen molar-refractivity contribution in [1.82, 2.24) is 10.2 Å². The third kappa shape index (κ3) is 5.85. The smallest absolute Gasteiger partial charge is 0.222 e. The lowest BCUT2D eigenvalue weighted by molar-refractivity contribution is -0.130. The van der Waals surface area contributed by atoms with Gasteiger partial charge in [-0.2, -0.15) is 0 Å². The predicted molar refractivity (Wildman–Crippen MR) is 78.2 cm³/mol. The Morgan fingerprint density at radius 3 is 2.78 bits per heavy atom. The molecule has 1 N–H and O–H groups in total. The number of halogens is 1. The van der Waals surface area contributed by atoms with Gasteiger partial charge in [-0.1, -0.05) is 25.4 Å². The second kappa shape index (κ2) is 7.77. The Labute approximate surface area is 118 Å². The zero-order valence-electron chi connectivity index (χ0n) is 11.2. The number of rotatable bonds is 7. The van der Waals surface area contributed by atoms with Crippen LogP contribution in [0, 0.1) is 0 Å². The molecule has 0 radical (unpaired) electrons. The Hall–Kier alpha value is -0.580. The number of nitrogens with zero attached hydrogens (tertiary/aromatic N) is 1. The fourth-order valence-corrected chi connectivity index (χ4v) is 2.72. The summed E-state index contributed by atoms with van der Waals surface area (Å²) in [6.07, 6.45) is 1.47. The first-order valence-corrected chi connectivity index (χ1v) is 7.40. The molecule has 5 heteroatoms. The molecule has 0 bridgehead atoms. The Balaban J connectivity index is 2.24. The summed E-state index contributed by atoms with van der Waals surface area (Å²) in [7, 11) is 1.84. The highest BCUT2D eigenvalue weighted by Gasteiger charge is 2.10. The van der Waals surface area contributed by atoms with Gasteiger partial charge in [0.15, 0.2) is 0 Å². The summed E-state index contributed by atoms with van der Waals surface area (Å²) in [5, 5.41) is 3.31. The van der Waals surface area contributed by atoms with Crippen LogP contribution in [0.2, 0.25) is 4.34 Å². The summed E-state index contributed by atoms with van der Waals surface area (Å²) in [5.41, 5.74) is 0. The van der Waals surface area contributed by atoms with E-state index < -0.39 is 0 Å². The van der Waals surface area contributed by atoms with Gasteiger partial charge in [-0.25, -0.2) is 0 Å². The second-order valence-electron chi connectivity index (χ2n) is 4.67. The van der Waals surface area contributed by atoms with Crippen LogP contribution >= 0.6 is 22.9 Å². The van der Waals surface area contributed by atoms with Crippen LogP contribution in [0.1, 0.15) is 31.6 Å². The Morgan fingerprint density at radius 1 is 1.50 bits per heavy atom. The van der Waals surface area contributed by atoms with Gasteiger partial charge in [0.1, 0.15) is 0 Å². The molecule has 3 nitrogen and oxygen atoms in total. The minimum absolute atomic E-state index is 0.185. The van der Waals surface area contributed by atoms with E-state index in [0.29, 0.717) is 19.0 Å². The van der Waals surface area contributed by atoms with Gasteiger partial charge in [-0.3, -0.25) is 4.79 Å². The predicted octanol–water partition coefficient (Wildman–Crippen LogP) is 3.14. The molecule has 1 aromatic heterocycles. The molecule has 0 aliphatic heterocycles. The van der Waals surface area contributed by atoms with Crippen LogP contribution in [-0.4, -0.2) is 30.4 Å². The van der Waals surface area contributed by atoms with Crippen molar-refractivity contribution >= 4 is 28.8 Å². The molecule has 1 rings (SSSR count). The van der Waals surface area contributed by atoms with E-state index in [0.717, 1.165) is 22.2 Å². The molecule has 0 saturated heterocycles. The van der Waals surface area contributed by atoms with E-state index in [4.69, 9.17) is 11.6 Å². The highest BCUT2D eigenvalue weighted by Crippen LogP contribution is 2.22. The SMILES string of the molecule is CC(C)NCCCC(=O)N(C)Cc1ccc(Cl)s1. The molecule has 1 amide bonds. The maximum Gasteiger partial charge on any atom is 0.222 e. The number of carbonyl (C=O) groups is 1. The van der Waals surface area contributed by atoms with Gasteiger partial charge in [0.25, 0.3) is 0 Å². The summed E-state index contributed by atoms with van der Waals surface area (Å²) in [6, 6.07) is 4.31. The fraction of sp³-hybridized carbons (Fsp3) is 0.615. The summed E-state index contributed by atoms with van der Waals surface area (Å²) in [6.45, 7) is 5.75. The lowest BCUT2D eigenvalue weighted by Crippen LogP contribution is -2.28. The van der Waals surface area contributed by atoms with Crippen molar-refractivity contribution in [2.24, 2.45) is 0 Å². The Morgan fingerprint density at radius 2 is 2.22 bits per heavy atom. The first kappa shape index (κ1) is 15.5. The number of nitrogens with one attached hydrogen (secondary N) is 1. The van der Waals surface area contributed by atoms with E-state index >= 15 is 0 Å². The van der Waals surface area contributed by atoms with Crippen LogP contribution in [0.3, 0.4) is 0 Å². The molecular formula is C13H21ClN2OS. The van der Waals surface area contributed by atoms with E-state index in [1.165, 1.54) is 11.3 Å². The monoisotopic (exact) mass is 288 g/mol. The van der Waals surface area contributed by atoms with Gasteiger partial charge < -0.3 is 10.2 Å². The van der Waals surface area contributed by atoms with Crippen LogP contribution in [-0.2, 0) is 11.3 Å². The largest absolute Gasteiger partial charge is 0.341 e. The standard InChI is InChI=1S/C13H21ClN2OS/c1-10(2)15-8-4-5-13(17)16(3)9-11-6-7-12(14)18-11/h6-7,10,15H,4-5,8-9H2,1-3H3. The zero-order valence-corrected chi connectivity index (χ0v) is 12.8. The number of thiophene rings is 1. The Bertz CT molecular complexity index is 379. The van der Waals surface area contributed by atoms with Gasteiger partial charge >= 0.3 is 0 Å². The van der Waals surface area contributed by atoms with Crippen molar-refractivity contribution in [3.05, 3.63) is 21.3 Å². The van der Waals surface area contributed by atoms with E-state index in [1.54, 1.807) is 4.90 Å². The maximum atomic E-state index is 11.9. The molecule has 0 aliphatic rings. The van der Waals surface area contributed by atoms with Crippen LogP contribution in [0.5, 0.6) is 0 Å². The van der Waals surface area contributed by atoms with E-state index in [-0.39, 0.29) is 5.91 Å². The van der Waals surface area contributed by atoms with Crippen molar-refractivity contribution < 1.29 is 4.79 Å². The quantitative estimate of drug-likeness (QED) is 0.782. The van der Waals surface area contributed by atoms with Crippen LogP contribution in [0.15, 0.2) is 12.1 Å². The maximum absolute atomic E-state index is 11.9. The average Bonchev–Trinajstić information content (AvgIpc) is 2.69. The molecule has 0 atom stereocenters. The van der Waals surface area contributed by atoms with Gasteiger partial charge in [0.2, 0.25) is 5.91 Å². The second-order valence-corrected chi connectivity index (χ2v) is 6.47. The summed E-state index contributed by atoms with van der Waals surface area (Å²) in [5.74, 6) is 0.185. The zero-order chi connectivity index (χ0) is 13.5. The molecule has 0 aromatic carbocycles. The topological polar surface area (TPSA) is 32.3 Å². The van der Waals surface area contributed by atoms with Crippen molar-refractivity contribution in [1.29, 1.82) is 0 Å². The minimum atomic E-state index is 0.185. The van der Waals surface area contributed by atoms with Crippen LogP contribution in [0.25, 0.3) is 0 Å². The van der Waals surface area contributed by atoms with Crippen molar-refractivity contribution in [2.45, 2.75) is 39.3 Å². The van der Waals surface area contributed by atoms with Crippen molar-refractivity contribution in [3.63, 3.8) is 0 Å². The number of hydrogen-bond donors (Lipinski definition) is 1. The normalized spacial score (nSPS) is 10.9. The Kier molecular flexibility index (Phi) is 6.68. The molecule has 0 aliphatic carbocycles. The highest BCUT2D eigenvalue weighted by atomic mass is 35.5. The molecule has 0 fully saturated rings. The first-order chi connectivity index (χ1) is 8.49. The molecule has 1 aromatic rings. The van der Waals surface area contributed by atoms with Crippen molar-refractivity contribution in [2.75, 3.05) is 13.6 Å². The van der Waals surface area contributed by atoms with Gasteiger partial charge in [0.05, 0.1) is 10.9 Å². The van der Waals surface area contributed by atoms with E-state index in [1.807, 2.05) is 19.2 Å². The summed E-state index contributed by atoms with van der Waals surface area (Å²) in [4.78, 5) is 14.8. The number of amides is 1. The number of hydrogen-bond acceptors (Lipinski definition) is 3. The van der Waals surface area contributed by atoms with Gasteiger partial charge in [-0.05, 0) is 25.1 Å². The average molecular weight is 289 g/mol. The van der Waals surface area contributed by atoms with E-state index in [2.05, 4.69) is 19.2 Å². The van der Waals surface area contributed by atoms with Crippen molar-refractivity contribution in [3.8, 4) is 0 Å². The molecule has 0 spiro atoms. The van der Waals surface area contributed by atoms with Gasteiger partial charge in [-0.15, -0.1) is 11.3 Å². The molecule has 0 unspecified atom stereocenters. The van der Waals surface area contributed by atoms with Crippen LogP contribution in [0.4, 0.5) is 0 Å². The highest BCUT2D eigenvalue weighted by molar-refractivity contribution is 7.16. The lowest BCUT2D eigenvalue weighted by Gasteiger charge is -2.16. The number of carbonyl (C=O) groups excluding carboxylic acids is 1. The summed E-state index contributed by atoms with van der Waals surface area (Å²) < 4.78 is 0.770. The van der Waals surface area contributed by atoms with Gasteiger partial charge in [0, 0.05) is 24.4 Å². The molecule has 0 saturated carbocycles. The van der Waals surface area contributed by atoms with E-state index in [9.17, 15) is 4.79 Å². The minimum Gasteiger partial charge on any atom is -0.341 e. The summed E-state index contributed by atoms with van der Waals surface area (Å²) >= 11 is 7.39. The van der Waals surface area contributed by atoms with Crippen LogP contribution < -0.4 is 5.32 Å². The lowest BCUT2D eigenvalue weighted by atomic mass is 10.2. The molecule has 18 heavy (non-hydrogen) atoms. The fourth-order valence-electron chi connectivity index (χ4n) is 1.58. The molecular weight excluding hydrogens is 268 g/mol. The molecule has 102 valence electrons. The third-order valence-electron chi connectivity index (χ3n) is 2.57.